The van der Waals surface area contributed by atoms with Gasteiger partial charge in [0.1, 0.15) is 6.04 Å². The Morgan fingerprint density at radius 1 is 0.966 bits per heavy atom. The summed E-state index contributed by atoms with van der Waals surface area (Å²) >= 11 is 0. The molecule has 0 aliphatic rings. The van der Waals surface area contributed by atoms with E-state index in [1.165, 1.54) is 19.3 Å². The van der Waals surface area contributed by atoms with Gasteiger partial charge in [0.2, 0.25) is 0 Å². The fourth-order valence-corrected chi connectivity index (χ4v) is 2.64. The standard InChI is InChI=1S/C22H20N2O5/c1-15(23-21(26)19-12-7-13-28-19)22(27)29-14-20(25)24-18-11-6-5-10-17(18)16-8-3-2-4-9-16/h2-13,15H,14H2,1H3,(H,23,26)(H,24,25). The first-order valence-corrected chi connectivity index (χ1v) is 9.00. The molecule has 2 amide bonds. The number of benzene rings is 2. The van der Waals surface area contributed by atoms with Crippen molar-refractivity contribution in [2.45, 2.75) is 13.0 Å². The SMILES string of the molecule is CC(NC(=O)c1ccco1)C(=O)OCC(=O)Nc1ccccc1-c1ccccc1. The molecule has 0 aliphatic heterocycles. The topological polar surface area (TPSA) is 97.6 Å². The number of nitrogens with one attached hydrogen (secondary N) is 2. The lowest BCUT2D eigenvalue weighted by Crippen LogP contribution is -2.40. The molecule has 29 heavy (non-hydrogen) atoms. The molecule has 3 aromatic rings. The smallest absolute Gasteiger partial charge is 0.328 e. The Morgan fingerprint density at radius 3 is 2.41 bits per heavy atom. The normalized spacial score (nSPS) is 11.3. The molecular formula is C22H20N2O5. The number of carbonyl (C=O) groups is 3. The van der Waals surface area contributed by atoms with Crippen LogP contribution < -0.4 is 10.6 Å². The van der Waals surface area contributed by atoms with Gasteiger partial charge in [-0.2, -0.15) is 0 Å². The molecule has 1 unspecified atom stereocenters. The summed E-state index contributed by atoms with van der Waals surface area (Å²) in [5, 5.41) is 5.20. The fourth-order valence-electron chi connectivity index (χ4n) is 2.64. The van der Waals surface area contributed by atoms with E-state index in [0.717, 1.165) is 11.1 Å². The van der Waals surface area contributed by atoms with Crippen LogP contribution in [0, 0.1) is 0 Å². The number of para-hydroxylation sites is 1. The second kappa shape index (κ2) is 9.36. The van der Waals surface area contributed by atoms with Crippen molar-refractivity contribution in [3.8, 4) is 11.1 Å². The van der Waals surface area contributed by atoms with Crippen molar-refractivity contribution in [1.82, 2.24) is 5.32 Å². The average molecular weight is 392 g/mol. The predicted octanol–water partition coefficient (Wildman–Crippen LogP) is 3.25. The molecule has 1 atom stereocenters. The molecule has 0 fully saturated rings. The maximum absolute atomic E-state index is 12.2. The predicted molar refractivity (Wildman–Crippen MR) is 107 cm³/mol. The van der Waals surface area contributed by atoms with Crippen LogP contribution in [0.2, 0.25) is 0 Å². The molecule has 2 aromatic carbocycles. The molecule has 7 heteroatoms. The van der Waals surface area contributed by atoms with Crippen LogP contribution >= 0.6 is 0 Å². The minimum absolute atomic E-state index is 0.0833. The average Bonchev–Trinajstić information content (AvgIpc) is 3.28. The van der Waals surface area contributed by atoms with Crippen LogP contribution in [0.1, 0.15) is 17.5 Å². The summed E-state index contributed by atoms with van der Waals surface area (Å²) in [5.74, 6) is -1.66. The summed E-state index contributed by atoms with van der Waals surface area (Å²) in [5.41, 5.74) is 2.42. The summed E-state index contributed by atoms with van der Waals surface area (Å²) in [6.07, 6.45) is 1.36. The Balaban J connectivity index is 1.54. The third-order valence-electron chi connectivity index (χ3n) is 4.08. The van der Waals surface area contributed by atoms with Crippen molar-refractivity contribution < 1.29 is 23.5 Å². The number of furan rings is 1. The summed E-state index contributed by atoms with van der Waals surface area (Å²) in [6, 6.07) is 19.1. The number of hydrogen-bond acceptors (Lipinski definition) is 5. The molecule has 0 bridgehead atoms. The first-order chi connectivity index (χ1) is 14.0. The van der Waals surface area contributed by atoms with E-state index < -0.39 is 30.4 Å². The van der Waals surface area contributed by atoms with E-state index in [1.807, 2.05) is 42.5 Å². The highest BCUT2D eigenvalue weighted by atomic mass is 16.5. The lowest BCUT2D eigenvalue weighted by Gasteiger charge is -2.14. The third kappa shape index (κ3) is 5.32. The lowest BCUT2D eigenvalue weighted by atomic mass is 10.0. The van der Waals surface area contributed by atoms with Crippen molar-refractivity contribution in [1.29, 1.82) is 0 Å². The molecular weight excluding hydrogens is 372 g/mol. The summed E-state index contributed by atoms with van der Waals surface area (Å²) in [7, 11) is 0. The van der Waals surface area contributed by atoms with Crippen LogP contribution in [0.15, 0.2) is 77.4 Å². The van der Waals surface area contributed by atoms with Gasteiger partial charge in [0.05, 0.1) is 6.26 Å². The molecule has 0 spiro atoms. The van der Waals surface area contributed by atoms with Gasteiger partial charge in [-0.15, -0.1) is 0 Å². The van der Waals surface area contributed by atoms with Crippen molar-refractivity contribution in [2.75, 3.05) is 11.9 Å². The van der Waals surface area contributed by atoms with Crippen molar-refractivity contribution >= 4 is 23.5 Å². The third-order valence-corrected chi connectivity index (χ3v) is 4.08. The zero-order valence-corrected chi connectivity index (χ0v) is 15.8. The summed E-state index contributed by atoms with van der Waals surface area (Å²) in [6.45, 7) is 0.995. The zero-order valence-electron chi connectivity index (χ0n) is 15.8. The van der Waals surface area contributed by atoms with Crippen LogP contribution in [-0.4, -0.2) is 30.4 Å². The number of ether oxygens (including phenoxy) is 1. The molecule has 0 saturated carbocycles. The minimum Gasteiger partial charge on any atom is -0.459 e. The molecule has 0 saturated heterocycles. The highest BCUT2D eigenvalue weighted by Crippen LogP contribution is 2.27. The second-order valence-corrected chi connectivity index (χ2v) is 6.24. The largest absolute Gasteiger partial charge is 0.459 e. The van der Waals surface area contributed by atoms with Gasteiger partial charge in [0, 0.05) is 11.3 Å². The van der Waals surface area contributed by atoms with Crippen molar-refractivity contribution in [3.05, 3.63) is 78.8 Å². The van der Waals surface area contributed by atoms with E-state index in [4.69, 9.17) is 9.15 Å². The van der Waals surface area contributed by atoms with Crippen molar-refractivity contribution in [3.63, 3.8) is 0 Å². The highest BCUT2D eigenvalue weighted by molar-refractivity contribution is 5.98. The Hall–Kier alpha value is -3.87. The van der Waals surface area contributed by atoms with Crippen LogP contribution in [0.25, 0.3) is 11.1 Å². The van der Waals surface area contributed by atoms with E-state index in [9.17, 15) is 14.4 Å². The van der Waals surface area contributed by atoms with Crippen molar-refractivity contribution in [2.24, 2.45) is 0 Å². The Kier molecular flexibility index (Phi) is 6.42. The van der Waals surface area contributed by atoms with Crippen LogP contribution in [0.3, 0.4) is 0 Å². The van der Waals surface area contributed by atoms with Crippen LogP contribution in [-0.2, 0) is 14.3 Å². The lowest BCUT2D eigenvalue weighted by molar-refractivity contribution is -0.148. The number of amides is 2. The molecule has 3 rings (SSSR count). The monoisotopic (exact) mass is 392 g/mol. The van der Waals surface area contributed by atoms with Gasteiger partial charge in [0.25, 0.3) is 11.8 Å². The quantitative estimate of drug-likeness (QED) is 0.602. The number of carbonyl (C=O) groups excluding carboxylic acids is 3. The number of esters is 1. The Bertz CT molecular complexity index is 983. The van der Waals surface area contributed by atoms with E-state index in [-0.39, 0.29) is 5.76 Å². The molecule has 2 N–H and O–H groups in total. The van der Waals surface area contributed by atoms with Gasteiger partial charge < -0.3 is 19.8 Å². The highest BCUT2D eigenvalue weighted by Gasteiger charge is 2.20. The molecule has 0 radical (unpaired) electrons. The molecule has 7 nitrogen and oxygen atoms in total. The fraction of sp³-hybridized carbons (Fsp3) is 0.136. The maximum Gasteiger partial charge on any atom is 0.328 e. The van der Waals surface area contributed by atoms with Crippen LogP contribution in [0.4, 0.5) is 5.69 Å². The van der Waals surface area contributed by atoms with Crippen LogP contribution in [0.5, 0.6) is 0 Å². The second-order valence-electron chi connectivity index (χ2n) is 6.24. The van der Waals surface area contributed by atoms with E-state index in [0.29, 0.717) is 5.69 Å². The first-order valence-electron chi connectivity index (χ1n) is 9.00. The Labute approximate surface area is 167 Å². The van der Waals surface area contributed by atoms with Gasteiger partial charge >= 0.3 is 5.97 Å². The number of anilines is 1. The summed E-state index contributed by atoms with van der Waals surface area (Å²) in [4.78, 5) is 36.2. The maximum atomic E-state index is 12.2. The Morgan fingerprint density at radius 2 is 1.69 bits per heavy atom. The molecule has 0 aliphatic carbocycles. The van der Waals surface area contributed by atoms with E-state index in [2.05, 4.69) is 10.6 Å². The first kappa shape index (κ1) is 19.9. The van der Waals surface area contributed by atoms with Gasteiger partial charge in [-0.25, -0.2) is 4.79 Å². The summed E-state index contributed by atoms with van der Waals surface area (Å²) < 4.78 is 9.97. The molecule has 1 aromatic heterocycles. The molecule has 148 valence electrons. The van der Waals surface area contributed by atoms with Gasteiger partial charge in [0.15, 0.2) is 12.4 Å². The van der Waals surface area contributed by atoms with Gasteiger partial charge in [-0.05, 0) is 30.7 Å². The minimum atomic E-state index is -0.933. The van der Waals surface area contributed by atoms with Gasteiger partial charge in [-0.1, -0.05) is 48.5 Å². The van der Waals surface area contributed by atoms with E-state index >= 15 is 0 Å². The zero-order chi connectivity index (χ0) is 20.6. The van der Waals surface area contributed by atoms with Gasteiger partial charge in [-0.3, -0.25) is 9.59 Å². The molecule has 1 heterocycles. The van der Waals surface area contributed by atoms with E-state index in [1.54, 1.807) is 18.2 Å². The number of hydrogen-bond donors (Lipinski definition) is 2. The number of rotatable bonds is 7.